The van der Waals surface area contributed by atoms with Crippen molar-refractivity contribution in [2.24, 2.45) is 11.8 Å². The number of nitrogens with one attached hydrogen (secondary N) is 1. The summed E-state index contributed by atoms with van der Waals surface area (Å²) in [6, 6.07) is 4.43. The molecular weight excluding hydrogens is 219 g/mol. The second-order valence-electron chi connectivity index (χ2n) is 4.11. The predicted octanol–water partition coefficient (Wildman–Crippen LogP) is 2.77. The van der Waals surface area contributed by atoms with Crippen molar-refractivity contribution in [1.82, 2.24) is 5.43 Å². The first kappa shape index (κ1) is 13.9. The molecule has 0 fully saturated rings. The van der Waals surface area contributed by atoms with E-state index >= 15 is 0 Å². The molecule has 96 valence electrons. The SMILES string of the molecule is CCC(CC)C(NN)c1cc(F)ccc1OC. The van der Waals surface area contributed by atoms with Crippen molar-refractivity contribution in [3.63, 3.8) is 0 Å². The number of halogens is 1. The molecule has 4 heteroatoms. The summed E-state index contributed by atoms with van der Waals surface area (Å²) in [7, 11) is 1.58. The van der Waals surface area contributed by atoms with E-state index in [0.717, 1.165) is 18.4 Å². The maximum Gasteiger partial charge on any atom is 0.123 e. The summed E-state index contributed by atoms with van der Waals surface area (Å²) in [5.41, 5.74) is 3.56. The Morgan fingerprint density at radius 2 is 2.00 bits per heavy atom. The average molecular weight is 240 g/mol. The summed E-state index contributed by atoms with van der Waals surface area (Å²) >= 11 is 0. The van der Waals surface area contributed by atoms with Gasteiger partial charge >= 0.3 is 0 Å². The third kappa shape index (κ3) is 3.17. The molecule has 1 rings (SSSR count). The van der Waals surface area contributed by atoms with Crippen molar-refractivity contribution in [1.29, 1.82) is 0 Å². The molecule has 3 N–H and O–H groups in total. The fourth-order valence-corrected chi connectivity index (χ4v) is 2.19. The minimum atomic E-state index is -0.271. The fourth-order valence-electron chi connectivity index (χ4n) is 2.19. The molecule has 0 amide bonds. The number of methoxy groups -OCH3 is 1. The minimum absolute atomic E-state index is 0.0874. The second kappa shape index (κ2) is 6.57. The zero-order chi connectivity index (χ0) is 12.8. The van der Waals surface area contributed by atoms with E-state index in [1.54, 1.807) is 13.2 Å². The molecule has 0 aliphatic carbocycles. The highest BCUT2D eigenvalue weighted by atomic mass is 19.1. The Hall–Kier alpha value is -1.13. The average Bonchev–Trinajstić information content (AvgIpc) is 2.35. The van der Waals surface area contributed by atoms with Crippen LogP contribution in [-0.4, -0.2) is 7.11 Å². The summed E-state index contributed by atoms with van der Waals surface area (Å²) in [4.78, 5) is 0. The Balaban J connectivity index is 3.13. The van der Waals surface area contributed by atoms with E-state index in [0.29, 0.717) is 11.7 Å². The lowest BCUT2D eigenvalue weighted by atomic mass is 9.89. The van der Waals surface area contributed by atoms with Gasteiger partial charge in [0.1, 0.15) is 11.6 Å². The van der Waals surface area contributed by atoms with Crippen LogP contribution in [0.3, 0.4) is 0 Å². The zero-order valence-electron chi connectivity index (χ0n) is 10.7. The lowest BCUT2D eigenvalue weighted by Gasteiger charge is -2.26. The summed E-state index contributed by atoms with van der Waals surface area (Å²) in [5, 5.41) is 0. The van der Waals surface area contributed by atoms with Crippen LogP contribution < -0.4 is 16.0 Å². The maximum atomic E-state index is 13.3. The summed E-state index contributed by atoms with van der Waals surface area (Å²) in [5.74, 6) is 6.36. The first-order valence-corrected chi connectivity index (χ1v) is 5.97. The van der Waals surface area contributed by atoms with Gasteiger partial charge in [-0.3, -0.25) is 11.3 Å². The number of nitrogens with two attached hydrogens (primary N) is 1. The van der Waals surface area contributed by atoms with Crippen molar-refractivity contribution in [3.8, 4) is 5.75 Å². The number of hydrogen-bond acceptors (Lipinski definition) is 3. The van der Waals surface area contributed by atoms with Crippen LogP contribution in [-0.2, 0) is 0 Å². The van der Waals surface area contributed by atoms with Gasteiger partial charge in [-0.05, 0) is 24.1 Å². The number of rotatable bonds is 6. The highest BCUT2D eigenvalue weighted by Crippen LogP contribution is 2.33. The first-order chi connectivity index (χ1) is 8.17. The van der Waals surface area contributed by atoms with Crippen LogP contribution in [0.4, 0.5) is 4.39 Å². The van der Waals surface area contributed by atoms with Gasteiger partial charge in [-0.1, -0.05) is 26.7 Å². The zero-order valence-corrected chi connectivity index (χ0v) is 10.7. The van der Waals surface area contributed by atoms with E-state index < -0.39 is 0 Å². The molecule has 0 spiro atoms. The van der Waals surface area contributed by atoms with Gasteiger partial charge in [-0.2, -0.15) is 0 Å². The van der Waals surface area contributed by atoms with Crippen molar-refractivity contribution in [2.75, 3.05) is 7.11 Å². The van der Waals surface area contributed by atoms with Crippen LogP contribution in [0.25, 0.3) is 0 Å². The molecule has 1 aromatic rings. The predicted molar refractivity (Wildman–Crippen MR) is 67.1 cm³/mol. The smallest absolute Gasteiger partial charge is 0.123 e. The first-order valence-electron chi connectivity index (χ1n) is 5.97. The Morgan fingerprint density at radius 3 is 2.47 bits per heavy atom. The van der Waals surface area contributed by atoms with Gasteiger partial charge in [-0.15, -0.1) is 0 Å². The molecule has 0 aliphatic rings. The Bertz CT molecular complexity index is 353. The van der Waals surface area contributed by atoms with Gasteiger partial charge in [0.25, 0.3) is 0 Å². The molecule has 1 aromatic carbocycles. The molecule has 17 heavy (non-hydrogen) atoms. The van der Waals surface area contributed by atoms with E-state index in [1.165, 1.54) is 12.1 Å². The van der Waals surface area contributed by atoms with Crippen LogP contribution in [0.2, 0.25) is 0 Å². The molecule has 0 saturated heterocycles. The molecule has 1 unspecified atom stereocenters. The van der Waals surface area contributed by atoms with Crippen molar-refractivity contribution in [3.05, 3.63) is 29.6 Å². The van der Waals surface area contributed by atoms with Crippen molar-refractivity contribution < 1.29 is 9.13 Å². The molecule has 0 aliphatic heterocycles. The normalized spacial score (nSPS) is 12.8. The molecule has 0 bridgehead atoms. The largest absolute Gasteiger partial charge is 0.496 e. The summed E-state index contributed by atoms with van der Waals surface area (Å²) in [6.07, 6.45) is 1.95. The Kier molecular flexibility index (Phi) is 5.38. The topological polar surface area (TPSA) is 47.3 Å². The number of hydrazine groups is 1. The Morgan fingerprint density at radius 1 is 1.35 bits per heavy atom. The highest BCUT2D eigenvalue weighted by Gasteiger charge is 2.22. The fraction of sp³-hybridized carbons (Fsp3) is 0.538. The van der Waals surface area contributed by atoms with Gasteiger partial charge in [0.05, 0.1) is 13.2 Å². The third-order valence-electron chi connectivity index (χ3n) is 3.23. The molecule has 3 nitrogen and oxygen atoms in total. The minimum Gasteiger partial charge on any atom is -0.496 e. The number of benzene rings is 1. The van der Waals surface area contributed by atoms with Gasteiger partial charge in [0.2, 0.25) is 0 Å². The van der Waals surface area contributed by atoms with E-state index in [1.807, 2.05) is 0 Å². The third-order valence-corrected chi connectivity index (χ3v) is 3.23. The molecule has 0 saturated carbocycles. The van der Waals surface area contributed by atoms with Gasteiger partial charge in [0, 0.05) is 5.56 Å². The van der Waals surface area contributed by atoms with Gasteiger partial charge < -0.3 is 4.74 Å². The molecule has 0 radical (unpaired) electrons. The molecule has 0 aromatic heterocycles. The van der Waals surface area contributed by atoms with E-state index in [4.69, 9.17) is 10.6 Å². The van der Waals surface area contributed by atoms with Gasteiger partial charge in [0.15, 0.2) is 0 Å². The van der Waals surface area contributed by atoms with Crippen LogP contribution in [0.15, 0.2) is 18.2 Å². The number of ether oxygens (including phenoxy) is 1. The van der Waals surface area contributed by atoms with Crippen molar-refractivity contribution in [2.45, 2.75) is 32.7 Å². The van der Waals surface area contributed by atoms with Crippen LogP contribution in [0.1, 0.15) is 38.3 Å². The highest BCUT2D eigenvalue weighted by molar-refractivity contribution is 5.36. The van der Waals surface area contributed by atoms with E-state index in [9.17, 15) is 4.39 Å². The van der Waals surface area contributed by atoms with Crippen LogP contribution in [0.5, 0.6) is 5.75 Å². The molecule has 0 heterocycles. The van der Waals surface area contributed by atoms with Crippen LogP contribution in [0, 0.1) is 11.7 Å². The quantitative estimate of drug-likeness (QED) is 0.593. The summed E-state index contributed by atoms with van der Waals surface area (Å²) in [6.45, 7) is 4.20. The monoisotopic (exact) mass is 240 g/mol. The second-order valence-corrected chi connectivity index (χ2v) is 4.11. The lowest BCUT2D eigenvalue weighted by molar-refractivity contribution is 0.327. The van der Waals surface area contributed by atoms with Crippen LogP contribution >= 0.6 is 0 Å². The lowest BCUT2D eigenvalue weighted by Crippen LogP contribution is -2.33. The summed E-state index contributed by atoms with van der Waals surface area (Å²) < 4.78 is 18.6. The van der Waals surface area contributed by atoms with Gasteiger partial charge in [-0.25, -0.2) is 4.39 Å². The van der Waals surface area contributed by atoms with E-state index in [2.05, 4.69) is 19.3 Å². The number of hydrogen-bond donors (Lipinski definition) is 2. The standard InChI is InChI=1S/C13H21FN2O/c1-4-9(5-2)13(16-15)11-8-10(14)6-7-12(11)17-3/h6-9,13,16H,4-5,15H2,1-3H3. The maximum absolute atomic E-state index is 13.3. The molecular formula is C13H21FN2O. The van der Waals surface area contributed by atoms with E-state index in [-0.39, 0.29) is 11.9 Å². The molecule has 1 atom stereocenters. The van der Waals surface area contributed by atoms with Crippen molar-refractivity contribution >= 4 is 0 Å². The Labute approximate surface area is 102 Å².